The van der Waals surface area contributed by atoms with Gasteiger partial charge in [-0.2, -0.15) is 4.31 Å². The lowest BCUT2D eigenvalue weighted by Gasteiger charge is -2.15. The summed E-state index contributed by atoms with van der Waals surface area (Å²) in [5.41, 5.74) is 0. The first-order chi connectivity index (χ1) is 9.57. The van der Waals surface area contributed by atoms with E-state index in [9.17, 15) is 8.42 Å². The molecule has 1 saturated heterocycles. The van der Waals surface area contributed by atoms with E-state index in [0.717, 1.165) is 13.0 Å². The summed E-state index contributed by atoms with van der Waals surface area (Å²) in [6.45, 7) is 3.58. The van der Waals surface area contributed by atoms with Gasteiger partial charge in [-0.15, -0.1) is 0 Å². The largest absolute Gasteiger partial charge is 0.396 e. The average Bonchev–Trinajstić information content (AvgIpc) is 2.95. The second-order valence-corrected chi connectivity index (χ2v) is 6.81. The molecule has 1 fully saturated rings. The van der Waals surface area contributed by atoms with Gasteiger partial charge in [0.15, 0.2) is 0 Å². The predicted molar refractivity (Wildman–Crippen MR) is 74.8 cm³/mol. The van der Waals surface area contributed by atoms with Crippen LogP contribution in [-0.2, 0) is 10.0 Å². The van der Waals surface area contributed by atoms with E-state index in [4.69, 9.17) is 5.11 Å². The van der Waals surface area contributed by atoms with E-state index in [1.165, 1.54) is 16.7 Å². The van der Waals surface area contributed by atoms with Gasteiger partial charge in [0.2, 0.25) is 16.0 Å². The van der Waals surface area contributed by atoms with Gasteiger partial charge in [0.1, 0.15) is 4.90 Å². The van der Waals surface area contributed by atoms with Crippen molar-refractivity contribution in [2.45, 2.75) is 24.7 Å². The Balaban J connectivity index is 2.10. The molecular weight excluding hydrogens is 280 g/mol. The minimum Gasteiger partial charge on any atom is -0.396 e. The van der Waals surface area contributed by atoms with E-state index in [1.807, 2.05) is 6.92 Å². The Hall–Kier alpha value is -1.25. The molecule has 0 aromatic carbocycles. The van der Waals surface area contributed by atoms with Gasteiger partial charge < -0.3 is 10.4 Å². The van der Waals surface area contributed by atoms with Crippen molar-refractivity contribution in [3.63, 3.8) is 0 Å². The number of sulfonamides is 1. The van der Waals surface area contributed by atoms with Crippen molar-refractivity contribution < 1.29 is 13.5 Å². The Morgan fingerprint density at radius 1 is 1.45 bits per heavy atom. The molecule has 2 heterocycles. The average molecular weight is 300 g/mol. The van der Waals surface area contributed by atoms with Gasteiger partial charge in [-0.3, -0.25) is 0 Å². The Labute approximate surface area is 119 Å². The highest BCUT2D eigenvalue weighted by molar-refractivity contribution is 7.89. The van der Waals surface area contributed by atoms with E-state index in [0.29, 0.717) is 25.5 Å². The normalized spacial score (nSPS) is 20.2. The van der Waals surface area contributed by atoms with Gasteiger partial charge in [-0.25, -0.2) is 18.4 Å². The Morgan fingerprint density at radius 2 is 2.15 bits per heavy atom. The van der Waals surface area contributed by atoms with Gasteiger partial charge in [0.25, 0.3) is 0 Å². The van der Waals surface area contributed by atoms with Gasteiger partial charge in [0, 0.05) is 26.2 Å². The SMILES string of the molecule is CCCNc1ncc(S(=O)(=O)N2CCC(CO)C2)cn1. The molecule has 20 heavy (non-hydrogen) atoms. The summed E-state index contributed by atoms with van der Waals surface area (Å²) >= 11 is 0. The minimum atomic E-state index is -3.55. The first-order valence-corrected chi connectivity index (χ1v) is 8.19. The Morgan fingerprint density at radius 3 is 2.70 bits per heavy atom. The van der Waals surface area contributed by atoms with Crippen LogP contribution in [0.5, 0.6) is 0 Å². The molecule has 0 bridgehead atoms. The van der Waals surface area contributed by atoms with Gasteiger partial charge in [-0.1, -0.05) is 6.92 Å². The molecule has 112 valence electrons. The van der Waals surface area contributed by atoms with Crippen molar-refractivity contribution in [2.75, 3.05) is 31.6 Å². The molecule has 1 aromatic heterocycles. The van der Waals surface area contributed by atoms with Gasteiger partial charge in [-0.05, 0) is 18.8 Å². The van der Waals surface area contributed by atoms with Crippen LogP contribution in [0.3, 0.4) is 0 Å². The van der Waals surface area contributed by atoms with Crippen molar-refractivity contribution in [3.05, 3.63) is 12.4 Å². The molecule has 1 atom stereocenters. The van der Waals surface area contributed by atoms with Crippen molar-refractivity contribution in [2.24, 2.45) is 5.92 Å². The van der Waals surface area contributed by atoms with Crippen LogP contribution in [-0.4, -0.2) is 54.0 Å². The van der Waals surface area contributed by atoms with E-state index >= 15 is 0 Å². The maximum atomic E-state index is 12.4. The summed E-state index contributed by atoms with van der Waals surface area (Å²) in [4.78, 5) is 8.13. The highest BCUT2D eigenvalue weighted by atomic mass is 32.2. The van der Waals surface area contributed by atoms with Crippen molar-refractivity contribution >= 4 is 16.0 Å². The number of hydrogen-bond acceptors (Lipinski definition) is 6. The van der Waals surface area contributed by atoms with Crippen LogP contribution in [0.15, 0.2) is 17.3 Å². The number of aliphatic hydroxyl groups excluding tert-OH is 1. The van der Waals surface area contributed by atoms with Crippen LogP contribution in [0.1, 0.15) is 19.8 Å². The summed E-state index contributed by atoms with van der Waals surface area (Å²) < 4.78 is 26.1. The minimum absolute atomic E-state index is 0.0163. The quantitative estimate of drug-likeness (QED) is 0.784. The molecule has 1 aromatic rings. The zero-order valence-corrected chi connectivity index (χ0v) is 12.3. The van der Waals surface area contributed by atoms with Crippen LogP contribution in [0, 0.1) is 5.92 Å². The maximum absolute atomic E-state index is 12.4. The van der Waals surface area contributed by atoms with Crippen LogP contribution < -0.4 is 5.32 Å². The molecule has 7 nitrogen and oxygen atoms in total. The molecule has 1 unspecified atom stereocenters. The molecule has 0 aliphatic carbocycles. The lowest BCUT2D eigenvalue weighted by Crippen LogP contribution is -2.29. The third-order valence-corrected chi connectivity index (χ3v) is 5.12. The fraction of sp³-hybridized carbons (Fsp3) is 0.667. The predicted octanol–water partition coefficient (Wildman–Crippen LogP) is 0.301. The molecule has 0 saturated carbocycles. The number of aromatic nitrogens is 2. The lowest BCUT2D eigenvalue weighted by molar-refractivity contribution is 0.233. The number of nitrogens with one attached hydrogen (secondary N) is 1. The standard InChI is InChI=1S/C12H20N4O3S/c1-2-4-13-12-14-6-11(7-15-12)20(18,19)16-5-3-10(8-16)9-17/h6-7,10,17H,2-5,8-9H2,1H3,(H,13,14,15). The zero-order chi connectivity index (χ0) is 14.6. The molecule has 0 amide bonds. The second kappa shape index (κ2) is 6.47. The lowest BCUT2D eigenvalue weighted by atomic mass is 10.1. The van der Waals surface area contributed by atoms with Crippen LogP contribution in [0.25, 0.3) is 0 Å². The zero-order valence-electron chi connectivity index (χ0n) is 11.5. The summed E-state index contributed by atoms with van der Waals surface area (Å²) in [6, 6.07) is 0. The van der Waals surface area contributed by atoms with Crippen molar-refractivity contribution in [3.8, 4) is 0 Å². The number of nitrogens with zero attached hydrogens (tertiary/aromatic N) is 3. The number of anilines is 1. The molecule has 0 spiro atoms. The molecular formula is C12H20N4O3S. The van der Waals surface area contributed by atoms with E-state index < -0.39 is 10.0 Å². The van der Waals surface area contributed by atoms with E-state index in [-0.39, 0.29) is 17.4 Å². The van der Waals surface area contributed by atoms with Crippen LogP contribution in [0.4, 0.5) is 5.95 Å². The van der Waals surface area contributed by atoms with E-state index in [2.05, 4.69) is 15.3 Å². The summed E-state index contributed by atoms with van der Waals surface area (Å²) in [6.07, 6.45) is 4.28. The van der Waals surface area contributed by atoms with Gasteiger partial charge in [0.05, 0.1) is 12.4 Å². The van der Waals surface area contributed by atoms with Crippen LogP contribution >= 0.6 is 0 Å². The molecule has 0 radical (unpaired) electrons. The van der Waals surface area contributed by atoms with Crippen molar-refractivity contribution in [1.29, 1.82) is 0 Å². The summed E-state index contributed by atoms with van der Waals surface area (Å²) in [5.74, 6) is 0.455. The number of rotatable bonds is 6. The number of aliphatic hydroxyl groups is 1. The Bertz CT molecular complexity index is 532. The van der Waals surface area contributed by atoms with Gasteiger partial charge >= 0.3 is 0 Å². The van der Waals surface area contributed by atoms with E-state index in [1.54, 1.807) is 0 Å². The maximum Gasteiger partial charge on any atom is 0.246 e. The first-order valence-electron chi connectivity index (χ1n) is 6.75. The molecule has 1 aliphatic heterocycles. The monoisotopic (exact) mass is 300 g/mol. The van der Waals surface area contributed by atoms with Crippen molar-refractivity contribution in [1.82, 2.24) is 14.3 Å². The fourth-order valence-corrected chi connectivity index (χ4v) is 3.51. The topological polar surface area (TPSA) is 95.4 Å². The summed E-state index contributed by atoms with van der Waals surface area (Å²) in [5, 5.41) is 12.1. The molecule has 1 aliphatic rings. The molecule has 2 rings (SSSR count). The third-order valence-electron chi connectivity index (χ3n) is 3.31. The first kappa shape index (κ1) is 15.1. The summed E-state index contributed by atoms with van der Waals surface area (Å²) in [7, 11) is -3.55. The molecule has 2 N–H and O–H groups in total. The fourth-order valence-electron chi connectivity index (χ4n) is 2.09. The third kappa shape index (κ3) is 3.25. The smallest absolute Gasteiger partial charge is 0.246 e. The Kier molecular flexibility index (Phi) is 4.90. The highest BCUT2D eigenvalue weighted by Gasteiger charge is 2.32. The molecule has 8 heteroatoms. The van der Waals surface area contributed by atoms with Crippen LogP contribution in [0.2, 0.25) is 0 Å². The number of hydrogen-bond donors (Lipinski definition) is 2. The second-order valence-electron chi connectivity index (χ2n) is 4.87. The highest BCUT2D eigenvalue weighted by Crippen LogP contribution is 2.23.